The summed E-state index contributed by atoms with van der Waals surface area (Å²) >= 11 is 0. The Hall–Kier alpha value is -2.93. The van der Waals surface area contributed by atoms with Gasteiger partial charge in [0.05, 0.1) is 6.10 Å². The van der Waals surface area contributed by atoms with Gasteiger partial charge in [0.25, 0.3) is 0 Å². The first-order valence-electron chi connectivity index (χ1n) is 10.8. The summed E-state index contributed by atoms with van der Waals surface area (Å²) in [7, 11) is 0. The number of hydrogen-bond acceptors (Lipinski definition) is 7. The third-order valence-electron chi connectivity index (χ3n) is 4.88. The molecule has 0 saturated carbocycles. The molecule has 0 aliphatic carbocycles. The highest BCUT2D eigenvalue weighted by atomic mass is 16.4. The minimum Gasteiger partial charge on any atom is -0.480 e. The molecule has 190 valence electrons. The monoisotopic (exact) mass is 473 g/mol. The predicted molar refractivity (Wildman–Crippen MR) is 123 cm³/mol. The van der Waals surface area contributed by atoms with E-state index in [0.717, 1.165) is 0 Å². The lowest BCUT2D eigenvalue weighted by atomic mass is 10.0. The standard InChI is InChI=1S/C20H39N7O6/c1-9(2)14(26-17(30)13(21)11(5)28)18(31)25-12(7-6-8-24-20(22)23)16(29)27-15(10(3)4)19(32)33/h9-15,28H,6-8,21H2,1-5H3,(H,25,31)(H,26,30)(H,27,29)(H,32,33)(H4,22,23,24). The molecule has 3 amide bonds. The third kappa shape index (κ3) is 11.0. The smallest absolute Gasteiger partial charge is 0.326 e. The van der Waals surface area contributed by atoms with Gasteiger partial charge in [-0.3, -0.25) is 19.4 Å². The molecule has 0 fully saturated rings. The number of rotatable bonds is 14. The Kier molecular flexibility index (Phi) is 13.0. The van der Waals surface area contributed by atoms with Gasteiger partial charge in [0.1, 0.15) is 24.2 Å². The van der Waals surface area contributed by atoms with Crippen molar-refractivity contribution in [3.63, 3.8) is 0 Å². The first-order chi connectivity index (χ1) is 15.2. The van der Waals surface area contributed by atoms with Crippen LogP contribution in [0.25, 0.3) is 0 Å². The Labute approximate surface area is 193 Å². The van der Waals surface area contributed by atoms with Gasteiger partial charge in [-0.1, -0.05) is 27.7 Å². The fourth-order valence-electron chi connectivity index (χ4n) is 2.80. The number of aliphatic carboxylic acids is 1. The zero-order chi connectivity index (χ0) is 25.9. The van der Waals surface area contributed by atoms with E-state index in [1.165, 1.54) is 6.92 Å². The maximum Gasteiger partial charge on any atom is 0.326 e. The number of aliphatic imine (C=N–C) groups is 1. The molecule has 0 aliphatic heterocycles. The number of carbonyl (C=O) groups is 4. The van der Waals surface area contributed by atoms with E-state index in [1.54, 1.807) is 27.7 Å². The number of carboxylic acid groups (broad SMARTS) is 1. The average molecular weight is 474 g/mol. The number of nitrogens with two attached hydrogens (primary N) is 3. The summed E-state index contributed by atoms with van der Waals surface area (Å²) in [5.41, 5.74) is 16.2. The van der Waals surface area contributed by atoms with E-state index in [0.29, 0.717) is 6.42 Å². The van der Waals surface area contributed by atoms with Crippen LogP contribution in [0.2, 0.25) is 0 Å². The third-order valence-corrected chi connectivity index (χ3v) is 4.88. The molecule has 0 spiro atoms. The van der Waals surface area contributed by atoms with Crippen molar-refractivity contribution >= 4 is 29.7 Å². The molecule has 13 heteroatoms. The number of carbonyl (C=O) groups excluding carboxylic acids is 3. The maximum atomic E-state index is 12.9. The van der Waals surface area contributed by atoms with Crippen LogP contribution in [-0.2, 0) is 19.2 Å². The van der Waals surface area contributed by atoms with Crippen LogP contribution in [0, 0.1) is 11.8 Å². The lowest BCUT2D eigenvalue weighted by Crippen LogP contribution is -2.59. The summed E-state index contributed by atoms with van der Waals surface area (Å²) in [6, 6.07) is -4.54. The lowest BCUT2D eigenvalue weighted by Gasteiger charge is -2.27. The van der Waals surface area contributed by atoms with Crippen LogP contribution in [-0.4, -0.2) is 76.7 Å². The number of amides is 3. The molecule has 0 aliphatic rings. The molecule has 0 radical (unpaired) electrons. The number of aliphatic hydroxyl groups is 1. The van der Waals surface area contributed by atoms with Gasteiger partial charge < -0.3 is 43.4 Å². The molecule has 0 saturated heterocycles. The van der Waals surface area contributed by atoms with Crippen LogP contribution in [0.15, 0.2) is 4.99 Å². The topological polar surface area (TPSA) is 235 Å². The molecule has 5 unspecified atom stereocenters. The van der Waals surface area contributed by atoms with Crippen molar-refractivity contribution < 1.29 is 29.4 Å². The molecule has 0 bridgehead atoms. The summed E-state index contributed by atoms with van der Waals surface area (Å²) in [5.74, 6) is -4.17. The maximum absolute atomic E-state index is 12.9. The molecule has 0 aromatic heterocycles. The van der Waals surface area contributed by atoms with Crippen molar-refractivity contribution in [2.24, 2.45) is 34.0 Å². The van der Waals surface area contributed by atoms with Crippen LogP contribution in [0.1, 0.15) is 47.5 Å². The Bertz CT molecular complexity index is 707. The van der Waals surface area contributed by atoms with Gasteiger partial charge in [-0.25, -0.2) is 4.79 Å². The molecular formula is C20H39N7O6. The van der Waals surface area contributed by atoms with E-state index in [-0.39, 0.29) is 24.8 Å². The van der Waals surface area contributed by atoms with E-state index in [4.69, 9.17) is 17.2 Å². The minimum absolute atomic E-state index is 0.116. The van der Waals surface area contributed by atoms with Crippen molar-refractivity contribution in [2.45, 2.75) is 77.7 Å². The molecule has 13 nitrogen and oxygen atoms in total. The molecule has 5 atom stereocenters. The van der Waals surface area contributed by atoms with Gasteiger partial charge in [-0.15, -0.1) is 0 Å². The molecule has 0 aromatic carbocycles. The number of hydrogen-bond donors (Lipinski definition) is 8. The number of carboxylic acids is 1. The van der Waals surface area contributed by atoms with Crippen molar-refractivity contribution in [3.8, 4) is 0 Å². The fourth-order valence-corrected chi connectivity index (χ4v) is 2.80. The van der Waals surface area contributed by atoms with Crippen LogP contribution in [0.4, 0.5) is 0 Å². The highest BCUT2D eigenvalue weighted by molar-refractivity contribution is 5.94. The SMILES string of the molecule is CC(C)C(NC(=O)C(CCCN=C(N)N)NC(=O)C(NC(=O)C(N)C(C)O)C(C)C)C(=O)O. The largest absolute Gasteiger partial charge is 0.480 e. The molecule has 11 N–H and O–H groups in total. The fraction of sp³-hybridized carbons (Fsp3) is 0.750. The first kappa shape index (κ1) is 30.1. The normalized spacial score (nSPS) is 15.7. The number of guanidine groups is 1. The second-order valence-electron chi connectivity index (χ2n) is 8.58. The van der Waals surface area contributed by atoms with Gasteiger partial charge in [-0.2, -0.15) is 0 Å². The number of nitrogens with zero attached hydrogens (tertiary/aromatic N) is 1. The Morgan fingerprint density at radius 2 is 1.36 bits per heavy atom. The lowest BCUT2D eigenvalue weighted by molar-refractivity contribution is -0.143. The van der Waals surface area contributed by atoms with Crippen LogP contribution in [0.5, 0.6) is 0 Å². The van der Waals surface area contributed by atoms with E-state index >= 15 is 0 Å². The molecule has 33 heavy (non-hydrogen) atoms. The van der Waals surface area contributed by atoms with Crippen molar-refractivity contribution in [3.05, 3.63) is 0 Å². The summed E-state index contributed by atoms with van der Waals surface area (Å²) in [6.45, 7) is 8.19. The zero-order valence-corrected chi connectivity index (χ0v) is 19.9. The predicted octanol–water partition coefficient (Wildman–Crippen LogP) is -2.40. The number of nitrogens with one attached hydrogen (secondary N) is 3. The van der Waals surface area contributed by atoms with Crippen LogP contribution in [0.3, 0.4) is 0 Å². The highest BCUT2D eigenvalue weighted by Gasteiger charge is 2.32. The van der Waals surface area contributed by atoms with Crippen molar-refractivity contribution in [1.29, 1.82) is 0 Å². The number of aliphatic hydroxyl groups excluding tert-OH is 1. The van der Waals surface area contributed by atoms with Crippen LogP contribution < -0.4 is 33.2 Å². The van der Waals surface area contributed by atoms with Crippen LogP contribution >= 0.6 is 0 Å². The van der Waals surface area contributed by atoms with Gasteiger partial charge in [0.2, 0.25) is 17.7 Å². The van der Waals surface area contributed by atoms with Crippen molar-refractivity contribution in [2.75, 3.05) is 6.54 Å². The quantitative estimate of drug-likeness (QED) is 0.0761. The molecular weight excluding hydrogens is 434 g/mol. The van der Waals surface area contributed by atoms with Crippen molar-refractivity contribution in [1.82, 2.24) is 16.0 Å². The first-order valence-corrected chi connectivity index (χ1v) is 10.8. The Morgan fingerprint density at radius 3 is 1.79 bits per heavy atom. The summed E-state index contributed by atoms with van der Waals surface area (Å²) in [5, 5.41) is 26.4. The highest BCUT2D eigenvalue weighted by Crippen LogP contribution is 2.08. The van der Waals surface area contributed by atoms with E-state index in [2.05, 4.69) is 20.9 Å². The Balaban J connectivity index is 5.55. The average Bonchev–Trinajstić information content (AvgIpc) is 2.69. The second kappa shape index (κ2) is 14.3. The van der Waals surface area contributed by atoms with Gasteiger partial charge in [-0.05, 0) is 31.6 Å². The van der Waals surface area contributed by atoms with Gasteiger partial charge in [0, 0.05) is 6.54 Å². The van der Waals surface area contributed by atoms with Gasteiger partial charge in [0.15, 0.2) is 5.96 Å². The van der Waals surface area contributed by atoms with E-state index < -0.39 is 59.9 Å². The van der Waals surface area contributed by atoms with E-state index in [9.17, 15) is 29.4 Å². The Morgan fingerprint density at radius 1 is 0.848 bits per heavy atom. The summed E-state index contributed by atoms with van der Waals surface area (Å²) in [4.78, 5) is 53.3. The summed E-state index contributed by atoms with van der Waals surface area (Å²) in [6.07, 6.45) is -0.689. The minimum atomic E-state index is -1.24. The molecule has 0 rings (SSSR count). The summed E-state index contributed by atoms with van der Waals surface area (Å²) < 4.78 is 0. The van der Waals surface area contributed by atoms with E-state index in [1.807, 2.05) is 0 Å². The molecule has 0 heterocycles. The second-order valence-corrected chi connectivity index (χ2v) is 8.58. The molecule has 0 aromatic rings. The van der Waals surface area contributed by atoms with Gasteiger partial charge >= 0.3 is 5.97 Å². The zero-order valence-electron chi connectivity index (χ0n) is 19.9.